The van der Waals surface area contributed by atoms with E-state index in [-0.39, 0.29) is 17.7 Å². The second-order valence-electron chi connectivity index (χ2n) is 9.65. The summed E-state index contributed by atoms with van der Waals surface area (Å²) in [5.41, 5.74) is 1.19. The molecular weight excluding hydrogens is 340 g/mol. The standard InChI is InChI=1S/C21H36O2Si2/c1-21(2,3)25(6,7)23-20-14-13-17(15-22)19(20)16-24(4,5)18-11-9-8-10-12-18/h8-13,19-20,22H,14-16H2,1-7H3. The van der Waals surface area contributed by atoms with Crippen LogP contribution < -0.4 is 5.19 Å². The van der Waals surface area contributed by atoms with Gasteiger partial charge in [0.15, 0.2) is 8.32 Å². The van der Waals surface area contributed by atoms with Crippen molar-refractivity contribution in [3.05, 3.63) is 42.0 Å². The molecule has 0 aromatic heterocycles. The van der Waals surface area contributed by atoms with Crippen LogP contribution in [0.1, 0.15) is 27.2 Å². The molecule has 0 bridgehead atoms. The molecule has 25 heavy (non-hydrogen) atoms. The zero-order chi connectivity index (χ0) is 18.9. The summed E-state index contributed by atoms with van der Waals surface area (Å²) < 4.78 is 6.79. The Morgan fingerprint density at radius 1 is 1.08 bits per heavy atom. The van der Waals surface area contributed by atoms with Crippen molar-refractivity contribution in [1.82, 2.24) is 0 Å². The molecule has 1 aliphatic carbocycles. The average molecular weight is 377 g/mol. The van der Waals surface area contributed by atoms with E-state index in [2.05, 4.69) is 83.4 Å². The minimum absolute atomic E-state index is 0.168. The maximum Gasteiger partial charge on any atom is 0.192 e. The third kappa shape index (κ3) is 4.73. The summed E-state index contributed by atoms with van der Waals surface area (Å²) in [6.07, 6.45) is 3.42. The molecular formula is C21H36O2Si2. The molecule has 0 saturated heterocycles. The number of benzene rings is 1. The first-order valence-corrected chi connectivity index (χ1v) is 15.6. The summed E-state index contributed by atoms with van der Waals surface area (Å²) in [7, 11) is -3.39. The highest BCUT2D eigenvalue weighted by Gasteiger charge is 2.43. The maximum absolute atomic E-state index is 9.88. The Labute approximate surface area is 156 Å². The molecule has 0 heterocycles. The fourth-order valence-corrected chi connectivity index (χ4v) is 7.83. The fourth-order valence-electron chi connectivity index (χ4n) is 3.51. The number of rotatable bonds is 6. The van der Waals surface area contributed by atoms with Crippen molar-refractivity contribution >= 4 is 21.6 Å². The molecule has 0 aliphatic heterocycles. The van der Waals surface area contributed by atoms with Gasteiger partial charge in [-0.3, -0.25) is 0 Å². The first-order valence-electron chi connectivity index (χ1n) is 9.51. The molecule has 1 aliphatic rings. The van der Waals surface area contributed by atoms with E-state index in [0.717, 1.165) is 12.5 Å². The monoisotopic (exact) mass is 376 g/mol. The summed E-state index contributed by atoms with van der Waals surface area (Å²) >= 11 is 0. The second kappa shape index (κ2) is 7.51. The summed E-state index contributed by atoms with van der Waals surface area (Å²) in [6.45, 7) is 16.6. The van der Waals surface area contributed by atoms with Gasteiger partial charge in [-0.25, -0.2) is 0 Å². The van der Waals surface area contributed by atoms with Crippen LogP contribution in [0.3, 0.4) is 0 Å². The molecule has 0 saturated carbocycles. The molecule has 1 aromatic rings. The van der Waals surface area contributed by atoms with Crippen LogP contribution in [-0.4, -0.2) is 34.2 Å². The molecule has 2 rings (SSSR count). The average Bonchev–Trinajstić information content (AvgIpc) is 2.88. The van der Waals surface area contributed by atoms with Gasteiger partial charge in [-0.05, 0) is 36.2 Å². The number of hydrogen-bond donors (Lipinski definition) is 1. The van der Waals surface area contributed by atoms with Crippen LogP contribution >= 0.6 is 0 Å². The van der Waals surface area contributed by atoms with Gasteiger partial charge in [-0.1, -0.05) is 75.5 Å². The lowest BCUT2D eigenvalue weighted by molar-refractivity contribution is 0.149. The smallest absolute Gasteiger partial charge is 0.192 e. The van der Waals surface area contributed by atoms with Gasteiger partial charge in [0.25, 0.3) is 0 Å². The quantitative estimate of drug-likeness (QED) is 0.563. The molecule has 1 N–H and O–H groups in total. The largest absolute Gasteiger partial charge is 0.413 e. The van der Waals surface area contributed by atoms with E-state index < -0.39 is 16.4 Å². The van der Waals surface area contributed by atoms with E-state index in [9.17, 15) is 5.11 Å². The van der Waals surface area contributed by atoms with Gasteiger partial charge >= 0.3 is 0 Å². The Hall–Kier alpha value is -0.686. The van der Waals surface area contributed by atoms with Gasteiger partial charge in [0.2, 0.25) is 0 Å². The Kier molecular flexibility index (Phi) is 6.20. The second-order valence-corrected chi connectivity index (χ2v) is 19.2. The third-order valence-electron chi connectivity index (χ3n) is 6.26. The van der Waals surface area contributed by atoms with E-state index in [1.54, 1.807) is 0 Å². The van der Waals surface area contributed by atoms with Gasteiger partial charge in [-0.2, -0.15) is 0 Å². The summed E-state index contributed by atoms with van der Waals surface area (Å²) in [5.74, 6) is 0.362. The highest BCUT2D eigenvalue weighted by molar-refractivity contribution is 6.89. The van der Waals surface area contributed by atoms with Crippen LogP contribution in [0.15, 0.2) is 42.0 Å². The van der Waals surface area contributed by atoms with E-state index in [1.807, 2.05) is 0 Å². The lowest BCUT2D eigenvalue weighted by atomic mass is 10.0. The third-order valence-corrected chi connectivity index (χ3v) is 14.1. The van der Waals surface area contributed by atoms with E-state index in [0.29, 0.717) is 5.92 Å². The molecule has 0 amide bonds. The highest BCUT2D eigenvalue weighted by atomic mass is 28.4. The minimum atomic E-state index is -1.81. The van der Waals surface area contributed by atoms with Crippen LogP contribution in [0.2, 0.25) is 37.3 Å². The lowest BCUT2D eigenvalue weighted by Gasteiger charge is -2.41. The molecule has 0 radical (unpaired) electrons. The fraction of sp³-hybridized carbons (Fsp3) is 0.619. The number of aliphatic hydroxyl groups is 1. The van der Waals surface area contributed by atoms with Crippen molar-refractivity contribution < 1.29 is 9.53 Å². The highest BCUT2D eigenvalue weighted by Crippen LogP contribution is 2.42. The van der Waals surface area contributed by atoms with Gasteiger partial charge in [0.05, 0.1) is 20.8 Å². The molecule has 140 valence electrons. The van der Waals surface area contributed by atoms with E-state index in [1.165, 1.54) is 10.8 Å². The van der Waals surface area contributed by atoms with Gasteiger partial charge in [-0.15, -0.1) is 0 Å². The number of hydrogen-bond acceptors (Lipinski definition) is 2. The molecule has 1 aromatic carbocycles. The Morgan fingerprint density at radius 2 is 1.68 bits per heavy atom. The normalized spacial score (nSPS) is 22.2. The van der Waals surface area contributed by atoms with E-state index >= 15 is 0 Å². The first-order chi connectivity index (χ1) is 11.5. The maximum atomic E-state index is 9.88. The minimum Gasteiger partial charge on any atom is -0.413 e. The van der Waals surface area contributed by atoms with Crippen LogP contribution in [0.5, 0.6) is 0 Å². The zero-order valence-electron chi connectivity index (χ0n) is 17.1. The Balaban J connectivity index is 2.21. The van der Waals surface area contributed by atoms with Crippen molar-refractivity contribution in [2.45, 2.75) is 70.6 Å². The summed E-state index contributed by atoms with van der Waals surface area (Å²) in [6, 6.07) is 12.1. The van der Waals surface area contributed by atoms with Crippen molar-refractivity contribution in [1.29, 1.82) is 0 Å². The molecule has 2 nitrogen and oxygen atoms in total. The van der Waals surface area contributed by atoms with Gasteiger partial charge in [0.1, 0.15) is 0 Å². The van der Waals surface area contributed by atoms with Crippen LogP contribution in [0.4, 0.5) is 0 Å². The summed E-state index contributed by atoms with van der Waals surface area (Å²) in [5, 5.41) is 11.6. The van der Waals surface area contributed by atoms with Crippen molar-refractivity contribution in [3.8, 4) is 0 Å². The molecule has 4 heteroatoms. The number of aliphatic hydroxyl groups excluding tert-OH is 1. The van der Waals surface area contributed by atoms with Crippen molar-refractivity contribution in [2.75, 3.05) is 6.61 Å². The molecule has 2 unspecified atom stereocenters. The predicted molar refractivity (Wildman–Crippen MR) is 114 cm³/mol. The summed E-state index contributed by atoms with van der Waals surface area (Å²) in [4.78, 5) is 0. The molecule has 0 fully saturated rings. The van der Waals surface area contributed by atoms with E-state index in [4.69, 9.17) is 4.43 Å². The van der Waals surface area contributed by atoms with Gasteiger partial charge in [0, 0.05) is 5.92 Å². The SMILES string of the molecule is CC(C)(C)[Si](C)(C)OC1CC=C(CO)C1C[Si](C)(C)c1ccccc1. The molecule has 0 spiro atoms. The van der Waals surface area contributed by atoms with Crippen LogP contribution in [0, 0.1) is 5.92 Å². The van der Waals surface area contributed by atoms with Crippen LogP contribution in [0.25, 0.3) is 0 Å². The van der Waals surface area contributed by atoms with Crippen molar-refractivity contribution in [3.63, 3.8) is 0 Å². The predicted octanol–water partition coefficient (Wildman–Crippen LogP) is 4.93. The topological polar surface area (TPSA) is 29.5 Å². The first kappa shape index (κ1) is 20.6. The molecule has 2 atom stereocenters. The Bertz CT molecular complexity index is 600. The van der Waals surface area contributed by atoms with Gasteiger partial charge < -0.3 is 9.53 Å². The zero-order valence-corrected chi connectivity index (χ0v) is 19.1. The van der Waals surface area contributed by atoms with Crippen molar-refractivity contribution in [2.24, 2.45) is 5.92 Å². The Morgan fingerprint density at radius 3 is 2.20 bits per heavy atom. The van der Waals surface area contributed by atoms with Crippen LogP contribution in [-0.2, 0) is 4.43 Å². The lowest BCUT2D eigenvalue weighted by Crippen LogP contribution is -2.48.